The van der Waals surface area contributed by atoms with Crippen LogP contribution in [0.3, 0.4) is 0 Å². The Morgan fingerprint density at radius 2 is 2.00 bits per heavy atom. The fourth-order valence-electron chi connectivity index (χ4n) is 3.66. The van der Waals surface area contributed by atoms with Crippen LogP contribution in [0.5, 0.6) is 0 Å². The van der Waals surface area contributed by atoms with Crippen LogP contribution in [0, 0.1) is 17.3 Å². The largest absolute Gasteiger partial charge is 0.390 e. The van der Waals surface area contributed by atoms with Gasteiger partial charge in [0.15, 0.2) is 0 Å². The van der Waals surface area contributed by atoms with Crippen molar-refractivity contribution in [2.45, 2.75) is 65.4 Å². The van der Waals surface area contributed by atoms with Gasteiger partial charge in [0.25, 0.3) is 0 Å². The van der Waals surface area contributed by atoms with E-state index in [1.807, 2.05) is 13.8 Å². The first-order chi connectivity index (χ1) is 7.33. The van der Waals surface area contributed by atoms with Crippen molar-refractivity contribution < 1.29 is 5.11 Å². The molecule has 1 nitrogen and oxygen atoms in total. The van der Waals surface area contributed by atoms with Crippen LogP contribution in [0.1, 0.15) is 59.8 Å². The number of allylic oxidation sites excluding steroid dienone is 1. The molecule has 1 fully saturated rings. The Morgan fingerprint density at radius 3 is 2.62 bits per heavy atom. The highest BCUT2D eigenvalue weighted by atomic mass is 16.3. The minimum Gasteiger partial charge on any atom is -0.390 e. The van der Waals surface area contributed by atoms with Crippen molar-refractivity contribution in [3.63, 3.8) is 0 Å². The maximum atomic E-state index is 10.2. The van der Waals surface area contributed by atoms with Gasteiger partial charge in [0, 0.05) is 5.92 Å². The van der Waals surface area contributed by atoms with Gasteiger partial charge >= 0.3 is 0 Å². The average Bonchev–Trinajstić information content (AvgIpc) is 2.15. The first-order valence-corrected chi connectivity index (χ1v) is 6.77. The Balaban J connectivity index is 2.29. The van der Waals surface area contributed by atoms with E-state index >= 15 is 0 Å². The van der Waals surface area contributed by atoms with Gasteiger partial charge in [0.2, 0.25) is 0 Å². The van der Waals surface area contributed by atoms with Crippen molar-refractivity contribution in [3.05, 3.63) is 11.6 Å². The molecule has 0 radical (unpaired) electrons. The molecule has 2 aliphatic rings. The Morgan fingerprint density at radius 1 is 1.31 bits per heavy atom. The summed E-state index contributed by atoms with van der Waals surface area (Å²) in [5, 5.41) is 10.2. The van der Waals surface area contributed by atoms with E-state index in [9.17, 15) is 5.11 Å². The van der Waals surface area contributed by atoms with Gasteiger partial charge in [-0.25, -0.2) is 0 Å². The maximum Gasteiger partial charge on any atom is 0.0654 e. The van der Waals surface area contributed by atoms with Crippen molar-refractivity contribution in [3.8, 4) is 0 Å². The zero-order chi connectivity index (χ0) is 12.0. The zero-order valence-electron chi connectivity index (χ0n) is 11.2. The first-order valence-electron chi connectivity index (χ1n) is 6.77. The Hall–Kier alpha value is -0.300. The van der Waals surface area contributed by atoms with Gasteiger partial charge in [-0.2, -0.15) is 0 Å². The van der Waals surface area contributed by atoms with E-state index in [4.69, 9.17) is 0 Å². The van der Waals surface area contributed by atoms with Gasteiger partial charge in [-0.05, 0) is 50.9 Å². The number of fused-ring (bicyclic) bond motifs is 1. The van der Waals surface area contributed by atoms with Gasteiger partial charge in [0.1, 0.15) is 0 Å². The third kappa shape index (κ3) is 2.07. The SMILES string of the molecule is C[C@H]1CCC[C@]2(C)CC[C@@H](C(C)(C)O)C=C12. The van der Waals surface area contributed by atoms with Gasteiger partial charge in [-0.15, -0.1) is 0 Å². The van der Waals surface area contributed by atoms with Crippen molar-refractivity contribution in [2.75, 3.05) is 0 Å². The van der Waals surface area contributed by atoms with Gasteiger partial charge < -0.3 is 5.11 Å². The number of hydrogen-bond acceptors (Lipinski definition) is 1. The second-order valence-electron chi connectivity index (χ2n) is 6.77. The molecular weight excluding hydrogens is 196 g/mol. The highest BCUT2D eigenvalue weighted by Crippen LogP contribution is 2.51. The Kier molecular flexibility index (Phi) is 2.94. The summed E-state index contributed by atoms with van der Waals surface area (Å²) < 4.78 is 0. The summed E-state index contributed by atoms with van der Waals surface area (Å²) in [7, 11) is 0. The summed E-state index contributed by atoms with van der Waals surface area (Å²) in [5.74, 6) is 1.08. The topological polar surface area (TPSA) is 20.2 Å². The van der Waals surface area contributed by atoms with E-state index in [2.05, 4.69) is 19.9 Å². The molecule has 0 saturated heterocycles. The molecule has 0 amide bonds. The smallest absolute Gasteiger partial charge is 0.0654 e. The molecule has 0 spiro atoms. The van der Waals surface area contributed by atoms with Gasteiger partial charge in [0.05, 0.1) is 5.60 Å². The lowest BCUT2D eigenvalue weighted by Gasteiger charge is -2.46. The molecule has 0 bridgehead atoms. The molecule has 0 aromatic carbocycles. The first kappa shape index (κ1) is 12.2. The summed E-state index contributed by atoms with van der Waals surface area (Å²) >= 11 is 0. The molecule has 0 aromatic heterocycles. The van der Waals surface area contributed by atoms with Crippen LogP contribution in [0.25, 0.3) is 0 Å². The van der Waals surface area contributed by atoms with E-state index < -0.39 is 5.60 Å². The summed E-state index contributed by atoms with van der Waals surface area (Å²) in [6.45, 7) is 8.68. The predicted molar refractivity (Wildman–Crippen MR) is 68.2 cm³/mol. The van der Waals surface area contributed by atoms with Crippen molar-refractivity contribution in [2.24, 2.45) is 17.3 Å². The van der Waals surface area contributed by atoms with E-state index in [0.29, 0.717) is 11.3 Å². The minimum atomic E-state index is -0.550. The molecule has 1 N–H and O–H groups in total. The number of aliphatic hydroxyl groups is 1. The summed E-state index contributed by atoms with van der Waals surface area (Å²) in [4.78, 5) is 0. The molecular formula is C15H26O. The van der Waals surface area contributed by atoms with E-state index in [1.165, 1.54) is 25.7 Å². The van der Waals surface area contributed by atoms with Crippen molar-refractivity contribution >= 4 is 0 Å². The standard InChI is InChI=1S/C15H26O/c1-11-6-5-8-15(4)9-7-12(10-13(11)15)14(2,3)16/h10-12,16H,5-9H2,1-4H3/t11-,12+,15+/m0/s1. The summed E-state index contributed by atoms with van der Waals surface area (Å²) in [6, 6.07) is 0. The molecule has 3 atom stereocenters. The fraction of sp³-hybridized carbons (Fsp3) is 0.867. The molecule has 1 saturated carbocycles. The number of rotatable bonds is 1. The van der Waals surface area contributed by atoms with Crippen LogP contribution in [-0.4, -0.2) is 10.7 Å². The fourth-order valence-corrected chi connectivity index (χ4v) is 3.66. The second-order valence-corrected chi connectivity index (χ2v) is 6.77. The Labute approximate surface area is 99.9 Å². The van der Waals surface area contributed by atoms with Crippen molar-refractivity contribution in [1.82, 2.24) is 0 Å². The van der Waals surface area contributed by atoms with Crippen molar-refractivity contribution in [1.29, 1.82) is 0 Å². The molecule has 2 aliphatic carbocycles. The highest BCUT2D eigenvalue weighted by Gasteiger charge is 2.41. The van der Waals surface area contributed by atoms with Crippen LogP contribution >= 0.6 is 0 Å². The quantitative estimate of drug-likeness (QED) is 0.667. The molecule has 0 heterocycles. The minimum absolute atomic E-state index is 0.358. The predicted octanol–water partition coefficient (Wildman–Crippen LogP) is 3.92. The second kappa shape index (κ2) is 3.87. The van der Waals surface area contributed by atoms with E-state index in [0.717, 1.165) is 12.3 Å². The molecule has 92 valence electrons. The molecule has 0 aromatic rings. The third-order valence-corrected chi connectivity index (χ3v) is 4.89. The van der Waals surface area contributed by atoms with Crippen LogP contribution in [0.2, 0.25) is 0 Å². The van der Waals surface area contributed by atoms with Crippen LogP contribution in [0.4, 0.5) is 0 Å². The van der Waals surface area contributed by atoms with Crippen LogP contribution < -0.4 is 0 Å². The maximum absolute atomic E-state index is 10.2. The lowest BCUT2D eigenvalue weighted by atomic mass is 9.60. The third-order valence-electron chi connectivity index (χ3n) is 4.89. The summed E-state index contributed by atoms with van der Waals surface area (Å²) in [5.41, 5.74) is 1.53. The van der Waals surface area contributed by atoms with Crippen LogP contribution in [-0.2, 0) is 0 Å². The molecule has 2 rings (SSSR count). The molecule has 1 heteroatoms. The lowest BCUT2D eigenvalue weighted by molar-refractivity contribution is 0.0208. The lowest BCUT2D eigenvalue weighted by Crippen LogP contribution is -2.38. The summed E-state index contributed by atoms with van der Waals surface area (Å²) in [6.07, 6.45) is 8.88. The van der Waals surface area contributed by atoms with Gasteiger partial charge in [-0.1, -0.05) is 31.9 Å². The zero-order valence-corrected chi connectivity index (χ0v) is 11.2. The van der Waals surface area contributed by atoms with Gasteiger partial charge in [-0.3, -0.25) is 0 Å². The molecule has 0 unspecified atom stereocenters. The van der Waals surface area contributed by atoms with E-state index in [-0.39, 0.29) is 0 Å². The Bertz CT molecular complexity index is 297. The average molecular weight is 222 g/mol. The normalized spacial score (nSPS) is 40.2. The monoisotopic (exact) mass is 222 g/mol. The number of hydrogen-bond donors (Lipinski definition) is 1. The highest BCUT2D eigenvalue weighted by molar-refractivity contribution is 5.23. The molecule has 0 aliphatic heterocycles. The van der Waals surface area contributed by atoms with E-state index in [1.54, 1.807) is 5.57 Å². The molecule has 16 heavy (non-hydrogen) atoms. The van der Waals surface area contributed by atoms with Crippen LogP contribution in [0.15, 0.2) is 11.6 Å².